The number of carbonyl (C=O) groups excluding carboxylic acids is 2. The number of carbonyl (C=O) groups is 2. The van der Waals surface area contributed by atoms with Gasteiger partial charge in [-0.2, -0.15) is 0 Å². The van der Waals surface area contributed by atoms with Gasteiger partial charge in [-0.3, -0.25) is 9.59 Å². The van der Waals surface area contributed by atoms with E-state index < -0.39 is 0 Å². The zero-order chi connectivity index (χ0) is 19.2. The summed E-state index contributed by atoms with van der Waals surface area (Å²) in [6, 6.07) is 11.4. The van der Waals surface area contributed by atoms with Crippen LogP contribution in [0.3, 0.4) is 0 Å². The van der Waals surface area contributed by atoms with E-state index in [1.165, 1.54) is 0 Å². The molecule has 8 heteroatoms. The molecule has 1 aliphatic heterocycles. The molecule has 6 nitrogen and oxygen atoms in total. The van der Waals surface area contributed by atoms with Crippen LogP contribution in [0.25, 0.3) is 0 Å². The van der Waals surface area contributed by atoms with Gasteiger partial charge < -0.3 is 16.0 Å². The monoisotopic (exact) mass is 438 g/mol. The molecule has 1 aliphatic rings. The number of hydrogen-bond donors (Lipinski definition) is 2. The van der Waals surface area contributed by atoms with E-state index in [1.54, 1.807) is 12.3 Å². The summed E-state index contributed by atoms with van der Waals surface area (Å²) in [4.78, 5) is 30.9. The van der Waals surface area contributed by atoms with Gasteiger partial charge >= 0.3 is 0 Å². The van der Waals surface area contributed by atoms with Crippen molar-refractivity contribution in [1.29, 1.82) is 0 Å². The molecule has 0 saturated carbocycles. The lowest BCUT2D eigenvalue weighted by atomic mass is 9.95. The first kappa shape index (κ1) is 24.7. The standard InChI is InChI=1S/C21H26N4O2.2ClH/c1-15-6-8-19(23-14-15)24-21(27)17-10-12-25(13-11-17)20(26)9-7-16-4-2-3-5-18(16)22;;/h2-6,8,14,17H,7,9-13,22H2,1H3,(H,23,24,27);2*1H. The van der Waals surface area contributed by atoms with E-state index >= 15 is 0 Å². The van der Waals surface area contributed by atoms with Crippen LogP contribution in [0.2, 0.25) is 0 Å². The molecule has 2 amide bonds. The number of nitrogen functional groups attached to an aromatic ring is 1. The highest BCUT2D eigenvalue weighted by molar-refractivity contribution is 5.91. The third-order valence-corrected chi connectivity index (χ3v) is 5.04. The highest BCUT2D eigenvalue weighted by Crippen LogP contribution is 2.21. The molecule has 0 atom stereocenters. The summed E-state index contributed by atoms with van der Waals surface area (Å²) in [6.07, 6.45) is 4.17. The van der Waals surface area contributed by atoms with Crippen molar-refractivity contribution in [2.45, 2.75) is 32.6 Å². The lowest BCUT2D eigenvalue weighted by molar-refractivity contribution is -0.134. The van der Waals surface area contributed by atoms with Crippen LogP contribution in [0.4, 0.5) is 11.5 Å². The number of aryl methyl sites for hydroxylation is 2. The predicted octanol–water partition coefficient (Wildman–Crippen LogP) is 3.63. The van der Waals surface area contributed by atoms with Crippen molar-refractivity contribution in [2.24, 2.45) is 5.92 Å². The smallest absolute Gasteiger partial charge is 0.228 e. The van der Waals surface area contributed by atoms with Crippen LogP contribution in [-0.4, -0.2) is 34.8 Å². The second-order valence-corrected chi connectivity index (χ2v) is 7.06. The summed E-state index contributed by atoms with van der Waals surface area (Å²) in [5.41, 5.74) is 8.72. The van der Waals surface area contributed by atoms with Gasteiger partial charge in [-0.15, -0.1) is 24.8 Å². The highest BCUT2D eigenvalue weighted by atomic mass is 35.5. The Labute approximate surface area is 184 Å². The molecule has 1 saturated heterocycles. The molecule has 0 unspecified atom stereocenters. The molecule has 158 valence electrons. The fourth-order valence-corrected chi connectivity index (χ4v) is 3.32. The second kappa shape index (κ2) is 11.6. The Kier molecular flexibility index (Phi) is 9.92. The van der Waals surface area contributed by atoms with E-state index in [0.29, 0.717) is 44.6 Å². The Morgan fingerprint density at radius 1 is 1.14 bits per heavy atom. The molecule has 1 fully saturated rings. The maximum Gasteiger partial charge on any atom is 0.228 e. The lowest BCUT2D eigenvalue weighted by Gasteiger charge is -2.31. The Bertz CT molecular complexity index is 807. The summed E-state index contributed by atoms with van der Waals surface area (Å²) in [7, 11) is 0. The molecule has 29 heavy (non-hydrogen) atoms. The molecule has 1 aromatic carbocycles. The van der Waals surface area contributed by atoms with Crippen molar-refractivity contribution < 1.29 is 9.59 Å². The van der Waals surface area contributed by atoms with Gasteiger partial charge in [0.15, 0.2) is 0 Å². The maximum absolute atomic E-state index is 12.5. The Balaban J connectivity index is 0.00000210. The number of anilines is 2. The molecule has 0 spiro atoms. The first-order valence-corrected chi connectivity index (χ1v) is 9.37. The number of piperidine rings is 1. The van der Waals surface area contributed by atoms with Gasteiger partial charge in [0.25, 0.3) is 0 Å². The van der Waals surface area contributed by atoms with Crippen molar-refractivity contribution in [3.63, 3.8) is 0 Å². The largest absolute Gasteiger partial charge is 0.399 e. The zero-order valence-electron chi connectivity index (χ0n) is 16.5. The molecular weight excluding hydrogens is 411 g/mol. The number of nitrogens with two attached hydrogens (primary N) is 1. The Morgan fingerprint density at radius 3 is 2.45 bits per heavy atom. The van der Waals surface area contributed by atoms with E-state index in [-0.39, 0.29) is 42.5 Å². The highest BCUT2D eigenvalue weighted by Gasteiger charge is 2.27. The van der Waals surface area contributed by atoms with Crippen LogP contribution in [0.5, 0.6) is 0 Å². The number of para-hydroxylation sites is 1. The maximum atomic E-state index is 12.5. The number of hydrogen-bond acceptors (Lipinski definition) is 4. The minimum atomic E-state index is -0.0816. The molecule has 1 aromatic heterocycles. The van der Waals surface area contributed by atoms with Crippen LogP contribution in [0.1, 0.15) is 30.4 Å². The van der Waals surface area contributed by atoms with Gasteiger partial charge in [0.2, 0.25) is 11.8 Å². The fourth-order valence-electron chi connectivity index (χ4n) is 3.32. The van der Waals surface area contributed by atoms with Crippen LogP contribution in [0, 0.1) is 12.8 Å². The van der Waals surface area contributed by atoms with Crippen LogP contribution < -0.4 is 11.1 Å². The number of amides is 2. The number of likely N-dealkylation sites (tertiary alicyclic amines) is 1. The summed E-state index contributed by atoms with van der Waals surface area (Å²) < 4.78 is 0. The molecule has 3 rings (SSSR count). The molecular formula is C21H28Cl2N4O2. The molecule has 2 aromatic rings. The molecule has 0 aliphatic carbocycles. The number of pyridine rings is 1. The van der Waals surface area contributed by atoms with Crippen molar-refractivity contribution in [3.8, 4) is 0 Å². The number of nitrogens with one attached hydrogen (secondary N) is 1. The molecule has 2 heterocycles. The predicted molar refractivity (Wildman–Crippen MR) is 121 cm³/mol. The van der Waals surface area contributed by atoms with Crippen LogP contribution in [-0.2, 0) is 16.0 Å². The molecule has 3 N–H and O–H groups in total. The number of benzene rings is 1. The molecule has 0 bridgehead atoms. The third kappa shape index (κ3) is 6.91. The van der Waals surface area contributed by atoms with Gasteiger partial charge in [0, 0.05) is 37.3 Å². The van der Waals surface area contributed by atoms with E-state index in [0.717, 1.165) is 16.8 Å². The summed E-state index contributed by atoms with van der Waals surface area (Å²) in [5.74, 6) is 0.597. The minimum Gasteiger partial charge on any atom is -0.399 e. The van der Waals surface area contributed by atoms with Gasteiger partial charge in [0.1, 0.15) is 5.82 Å². The quantitative estimate of drug-likeness (QED) is 0.697. The van der Waals surface area contributed by atoms with Crippen molar-refractivity contribution >= 4 is 48.1 Å². The summed E-state index contributed by atoms with van der Waals surface area (Å²) >= 11 is 0. The first-order valence-electron chi connectivity index (χ1n) is 9.37. The number of halogens is 2. The number of aromatic nitrogens is 1. The fraction of sp³-hybridized carbons (Fsp3) is 0.381. The first-order chi connectivity index (χ1) is 13.0. The lowest BCUT2D eigenvalue weighted by Crippen LogP contribution is -2.41. The zero-order valence-corrected chi connectivity index (χ0v) is 18.1. The van der Waals surface area contributed by atoms with E-state index in [4.69, 9.17) is 5.73 Å². The number of rotatable bonds is 5. The van der Waals surface area contributed by atoms with E-state index in [1.807, 2.05) is 42.2 Å². The van der Waals surface area contributed by atoms with Crippen LogP contribution in [0.15, 0.2) is 42.6 Å². The topological polar surface area (TPSA) is 88.3 Å². The van der Waals surface area contributed by atoms with Gasteiger partial charge in [-0.05, 0) is 49.4 Å². The van der Waals surface area contributed by atoms with Crippen molar-refractivity contribution in [3.05, 3.63) is 53.7 Å². The summed E-state index contributed by atoms with van der Waals surface area (Å²) in [5, 5.41) is 2.87. The SMILES string of the molecule is Cc1ccc(NC(=O)C2CCN(C(=O)CCc3ccccc3N)CC2)nc1.Cl.Cl. The Hall–Kier alpha value is -2.31. The Morgan fingerprint density at radius 2 is 1.83 bits per heavy atom. The average Bonchev–Trinajstić information content (AvgIpc) is 2.69. The average molecular weight is 439 g/mol. The minimum absolute atomic E-state index is 0. The van der Waals surface area contributed by atoms with Gasteiger partial charge in [-0.1, -0.05) is 24.3 Å². The van der Waals surface area contributed by atoms with Gasteiger partial charge in [0.05, 0.1) is 0 Å². The van der Waals surface area contributed by atoms with Gasteiger partial charge in [-0.25, -0.2) is 4.98 Å². The van der Waals surface area contributed by atoms with E-state index in [9.17, 15) is 9.59 Å². The van der Waals surface area contributed by atoms with E-state index in [2.05, 4.69) is 10.3 Å². The third-order valence-electron chi connectivity index (χ3n) is 5.04. The summed E-state index contributed by atoms with van der Waals surface area (Å²) in [6.45, 7) is 3.18. The van der Waals surface area contributed by atoms with Crippen molar-refractivity contribution in [2.75, 3.05) is 24.1 Å². The van der Waals surface area contributed by atoms with Crippen molar-refractivity contribution in [1.82, 2.24) is 9.88 Å². The molecule has 0 radical (unpaired) electrons. The second-order valence-electron chi connectivity index (χ2n) is 7.06. The van der Waals surface area contributed by atoms with Crippen LogP contribution >= 0.6 is 24.8 Å². The normalized spacial score (nSPS) is 13.8. The number of nitrogens with zero attached hydrogens (tertiary/aromatic N) is 2.